The Balaban J connectivity index is 1.65. The van der Waals surface area contributed by atoms with E-state index in [1.807, 2.05) is 17.0 Å². The molecule has 2 fully saturated rings. The average molecular weight is 372 g/mol. The van der Waals surface area contributed by atoms with Crippen molar-refractivity contribution >= 4 is 35.0 Å². The van der Waals surface area contributed by atoms with Crippen LogP contribution in [-0.2, 0) is 4.79 Å². The van der Waals surface area contributed by atoms with E-state index < -0.39 is 0 Å². The lowest BCUT2D eigenvalue weighted by Gasteiger charge is -2.37. The predicted octanol–water partition coefficient (Wildman–Crippen LogP) is 4.63. The first kappa shape index (κ1) is 17.5. The standard InChI is InChI=1S/C20H24N2O3S/c23-17-8-4-3-6-14(17)16-7-2-1-5-11-22(16)19(24)13-9-10-15-18(12-13)25-20(26)21-15/h9-10,12,14,16H,1-8,11H2,(H,21,26)/t14-,16-/m1/s1. The summed E-state index contributed by atoms with van der Waals surface area (Å²) in [6, 6.07) is 5.44. The zero-order valence-corrected chi connectivity index (χ0v) is 15.6. The molecule has 1 aliphatic carbocycles. The van der Waals surface area contributed by atoms with Crippen molar-refractivity contribution in [3.63, 3.8) is 0 Å². The van der Waals surface area contributed by atoms with Gasteiger partial charge in [-0.3, -0.25) is 9.59 Å². The summed E-state index contributed by atoms with van der Waals surface area (Å²) in [6.07, 6.45) is 7.79. The smallest absolute Gasteiger partial charge is 0.266 e. The van der Waals surface area contributed by atoms with Gasteiger partial charge in [0.05, 0.1) is 5.52 Å². The summed E-state index contributed by atoms with van der Waals surface area (Å²) in [6.45, 7) is 0.724. The normalized spacial score (nSPS) is 24.6. The van der Waals surface area contributed by atoms with E-state index in [-0.39, 0.29) is 17.9 Å². The van der Waals surface area contributed by atoms with E-state index in [2.05, 4.69) is 4.98 Å². The molecule has 2 atom stereocenters. The highest BCUT2D eigenvalue weighted by molar-refractivity contribution is 7.71. The van der Waals surface area contributed by atoms with Crippen LogP contribution in [0.1, 0.15) is 61.7 Å². The predicted molar refractivity (Wildman–Crippen MR) is 102 cm³/mol. The Kier molecular flexibility index (Phi) is 4.94. The number of likely N-dealkylation sites (tertiary alicyclic amines) is 1. The summed E-state index contributed by atoms with van der Waals surface area (Å²) in [4.78, 5) is 31.0. The third-order valence-electron chi connectivity index (χ3n) is 5.79. The summed E-state index contributed by atoms with van der Waals surface area (Å²) >= 11 is 5.03. The van der Waals surface area contributed by atoms with E-state index in [9.17, 15) is 9.59 Å². The number of H-pyrrole nitrogens is 1. The van der Waals surface area contributed by atoms with Crippen molar-refractivity contribution in [2.45, 2.75) is 57.4 Å². The van der Waals surface area contributed by atoms with Crippen molar-refractivity contribution in [1.82, 2.24) is 9.88 Å². The molecule has 1 aromatic heterocycles. The number of aromatic amines is 1. The Labute approximate surface area is 157 Å². The van der Waals surface area contributed by atoms with E-state index >= 15 is 0 Å². The van der Waals surface area contributed by atoms with Crippen LogP contribution >= 0.6 is 12.2 Å². The number of nitrogens with one attached hydrogen (secondary N) is 1. The monoisotopic (exact) mass is 372 g/mol. The van der Waals surface area contributed by atoms with E-state index in [1.165, 1.54) is 0 Å². The first-order valence-corrected chi connectivity index (χ1v) is 10.0. The number of oxazole rings is 1. The zero-order valence-electron chi connectivity index (χ0n) is 14.8. The lowest BCUT2D eigenvalue weighted by Crippen LogP contribution is -2.47. The number of amides is 1. The fourth-order valence-electron chi connectivity index (χ4n) is 4.47. The highest BCUT2D eigenvalue weighted by atomic mass is 32.1. The molecule has 4 rings (SSSR count). The molecule has 0 radical (unpaired) electrons. The van der Waals surface area contributed by atoms with Gasteiger partial charge in [-0.15, -0.1) is 0 Å². The number of ketones is 1. The molecule has 1 saturated heterocycles. The molecule has 1 aliphatic heterocycles. The van der Waals surface area contributed by atoms with Crippen LogP contribution in [0.3, 0.4) is 0 Å². The second-order valence-corrected chi connectivity index (χ2v) is 7.83. The van der Waals surface area contributed by atoms with Crippen LogP contribution in [0.15, 0.2) is 22.6 Å². The van der Waals surface area contributed by atoms with Crippen LogP contribution in [0.2, 0.25) is 0 Å². The molecule has 2 aliphatic rings. The summed E-state index contributed by atoms with van der Waals surface area (Å²) in [5.41, 5.74) is 1.99. The van der Waals surface area contributed by atoms with Gasteiger partial charge in [-0.05, 0) is 56.1 Å². The number of benzene rings is 1. The topological polar surface area (TPSA) is 66.3 Å². The number of carbonyl (C=O) groups excluding carboxylic acids is 2. The quantitative estimate of drug-likeness (QED) is 0.780. The Morgan fingerprint density at radius 2 is 2.00 bits per heavy atom. The first-order valence-electron chi connectivity index (χ1n) is 9.60. The molecule has 0 unspecified atom stereocenters. The minimum Gasteiger partial charge on any atom is -0.429 e. The molecule has 1 aromatic carbocycles. The maximum absolute atomic E-state index is 13.3. The fraction of sp³-hybridized carbons (Fsp3) is 0.550. The van der Waals surface area contributed by atoms with Crippen molar-refractivity contribution in [2.24, 2.45) is 5.92 Å². The van der Waals surface area contributed by atoms with Crippen LogP contribution < -0.4 is 0 Å². The molecular formula is C20H24N2O3S. The molecule has 5 nitrogen and oxygen atoms in total. The van der Waals surface area contributed by atoms with E-state index in [0.29, 0.717) is 28.2 Å². The highest BCUT2D eigenvalue weighted by Gasteiger charge is 2.37. The van der Waals surface area contributed by atoms with Gasteiger partial charge in [0.1, 0.15) is 5.78 Å². The largest absolute Gasteiger partial charge is 0.429 e. The second-order valence-electron chi connectivity index (χ2n) is 7.46. The molecule has 1 amide bonds. The third kappa shape index (κ3) is 3.34. The number of aromatic nitrogens is 1. The van der Waals surface area contributed by atoms with Crippen molar-refractivity contribution < 1.29 is 14.0 Å². The van der Waals surface area contributed by atoms with Gasteiger partial charge >= 0.3 is 0 Å². The number of carbonyl (C=O) groups is 2. The summed E-state index contributed by atoms with van der Waals surface area (Å²) in [7, 11) is 0. The van der Waals surface area contributed by atoms with Gasteiger partial charge in [-0.25, -0.2) is 0 Å². The van der Waals surface area contributed by atoms with E-state index in [0.717, 1.165) is 57.0 Å². The van der Waals surface area contributed by atoms with Crippen LogP contribution in [0.25, 0.3) is 11.1 Å². The van der Waals surface area contributed by atoms with Crippen molar-refractivity contribution in [1.29, 1.82) is 0 Å². The molecule has 1 saturated carbocycles. The second kappa shape index (κ2) is 7.35. The number of nitrogens with zero attached hydrogens (tertiary/aromatic N) is 1. The molecule has 26 heavy (non-hydrogen) atoms. The SMILES string of the molecule is O=C1CCCC[C@@H]1[C@H]1CCCCCN1C(=O)c1ccc2[nH]c(=S)oc2c1. The van der Waals surface area contributed by atoms with Gasteiger partial charge in [0.15, 0.2) is 5.58 Å². The van der Waals surface area contributed by atoms with Gasteiger partial charge in [0.2, 0.25) is 0 Å². The third-order valence-corrected chi connectivity index (χ3v) is 5.98. The molecule has 2 aromatic rings. The molecule has 0 bridgehead atoms. The number of Topliss-reactive ketones (excluding diaryl/α,β-unsaturated/α-hetero) is 1. The number of hydrogen-bond acceptors (Lipinski definition) is 4. The molecule has 6 heteroatoms. The van der Waals surface area contributed by atoms with Gasteiger partial charge in [0, 0.05) is 30.5 Å². The Morgan fingerprint density at radius 1 is 1.15 bits per heavy atom. The van der Waals surface area contributed by atoms with Crippen LogP contribution in [0.5, 0.6) is 0 Å². The Morgan fingerprint density at radius 3 is 2.85 bits per heavy atom. The first-order chi connectivity index (χ1) is 12.6. The van der Waals surface area contributed by atoms with Crippen molar-refractivity contribution in [2.75, 3.05) is 6.54 Å². The zero-order chi connectivity index (χ0) is 18.1. The maximum atomic E-state index is 13.3. The van der Waals surface area contributed by atoms with E-state index in [1.54, 1.807) is 6.07 Å². The molecule has 138 valence electrons. The summed E-state index contributed by atoms with van der Waals surface area (Å²) in [5.74, 6) is 0.345. The number of hydrogen-bond donors (Lipinski definition) is 1. The van der Waals surface area contributed by atoms with Crippen molar-refractivity contribution in [3.8, 4) is 0 Å². The summed E-state index contributed by atoms with van der Waals surface area (Å²) < 4.78 is 5.47. The van der Waals surface area contributed by atoms with Gasteiger partial charge in [-0.2, -0.15) is 0 Å². The van der Waals surface area contributed by atoms with Crippen LogP contribution in [-0.4, -0.2) is 34.2 Å². The van der Waals surface area contributed by atoms with E-state index in [4.69, 9.17) is 16.6 Å². The van der Waals surface area contributed by atoms with Gasteiger partial charge in [0.25, 0.3) is 10.7 Å². The average Bonchev–Trinajstić information content (AvgIpc) is 2.85. The fourth-order valence-corrected chi connectivity index (χ4v) is 4.67. The van der Waals surface area contributed by atoms with Crippen LogP contribution in [0.4, 0.5) is 0 Å². The minimum atomic E-state index is -0.000471. The molecule has 1 N–H and O–H groups in total. The van der Waals surface area contributed by atoms with Crippen molar-refractivity contribution in [3.05, 3.63) is 28.6 Å². The molecule has 2 heterocycles. The molecule has 0 spiro atoms. The van der Waals surface area contributed by atoms with Gasteiger partial charge in [-0.1, -0.05) is 19.3 Å². The number of rotatable bonds is 2. The Hall–Kier alpha value is -1.95. The lowest BCUT2D eigenvalue weighted by molar-refractivity contribution is -0.126. The van der Waals surface area contributed by atoms with Gasteiger partial charge < -0.3 is 14.3 Å². The summed E-state index contributed by atoms with van der Waals surface area (Å²) in [5, 5.41) is 0. The Bertz CT molecular complexity index is 885. The maximum Gasteiger partial charge on any atom is 0.266 e. The van der Waals surface area contributed by atoms with Crippen LogP contribution in [0, 0.1) is 10.8 Å². The highest BCUT2D eigenvalue weighted by Crippen LogP contribution is 2.32. The lowest BCUT2D eigenvalue weighted by atomic mass is 9.80. The minimum absolute atomic E-state index is 0.000471. The molecular weight excluding hydrogens is 348 g/mol. The number of fused-ring (bicyclic) bond motifs is 1.